The Labute approximate surface area is 254 Å². The van der Waals surface area contributed by atoms with Gasteiger partial charge in [0.1, 0.15) is 0 Å². The zero-order chi connectivity index (χ0) is 29.1. The summed E-state index contributed by atoms with van der Waals surface area (Å²) in [4.78, 5) is 54.5. The summed E-state index contributed by atoms with van der Waals surface area (Å²) in [5.41, 5.74) is 5.24. The van der Waals surface area contributed by atoms with E-state index in [0.717, 1.165) is 22.3 Å². The van der Waals surface area contributed by atoms with Crippen molar-refractivity contribution in [3.05, 3.63) is 128 Å². The third-order valence-electron chi connectivity index (χ3n) is 8.33. The van der Waals surface area contributed by atoms with Gasteiger partial charge in [-0.15, -0.1) is 0 Å². The summed E-state index contributed by atoms with van der Waals surface area (Å²) >= 11 is 9.35. The van der Waals surface area contributed by atoms with Gasteiger partial charge < -0.3 is 10.1 Å². The van der Waals surface area contributed by atoms with E-state index in [1.807, 2.05) is 24.3 Å². The molecule has 0 radical (unpaired) electrons. The van der Waals surface area contributed by atoms with Crippen LogP contribution in [0.3, 0.4) is 0 Å². The molecule has 1 N–H and O–H groups in total. The fourth-order valence-electron chi connectivity index (χ4n) is 6.69. The maximum atomic E-state index is 14.0. The van der Waals surface area contributed by atoms with Crippen LogP contribution in [0.4, 0.5) is 11.4 Å². The van der Waals surface area contributed by atoms with E-state index in [4.69, 9.17) is 16.3 Å². The summed E-state index contributed by atoms with van der Waals surface area (Å²) in [5.74, 6) is -3.34. The van der Waals surface area contributed by atoms with Crippen molar-refractivity contribution < 1.29 is 23.9 Å². The number of rotatable bonds is 5. The molecule has 4 aliphatic rings. The van der Waals surface area contributed by atoms with Gasteiger partial charge in [-0.25, -0.2) is 9.69 Å². The molecule has 1 saturated heterocycles. The molecule has 1 fully saturated rings. The van der Waals surface area contributed by atoms with Crippen LogP contribution in [0, 0.1) is 11.8 Å². The van der Waals surface area contributed by atoms with Crippen molar-refractivity contribution in [3.8, 4) is 0 Å². The van der Waals surface area contributed by atoms with Crippen molar-refractivity contribution in [2.75, 3.05) is 16.8 Å². The number of halogens is 2. The van der Waals surface area contributed by atoms with Crippen molar-refractivity contribution in [1.29, 1.82) is 0 Å². The van der Waals surface area contributed by atoms with Crippen LogP contribution < -0.4 is 10.2 Å². The molecule has 7 nitrogen and oxygen atoms in total. The lowest BCUT2D eigenvalue weighted by molar-refractivity contribution is -0.122. The van der Waals surface area contributed by atoms with E-state index in [2.05, 4.69) is 45.5 Å². The van der Waals surface area contributed by atoms with Gasteiger partial charge in [0.05, 0.1) is 28.1 Å². The summed E-state index contributed by atoms with van der Waals surface area (Å²) in [6, 6.07) is 27.2. The van der Waals surface area contributed by atoms with Gasteiger partial charge in [0.15, 0.2) is 6.61 Å². The molecular formula is C33H22BrClN2O5. The average Bonchev–Trinajstić information content (AvgIpc) is 3.27. The quantitative estimate of drug-likeness (QED) is 0.204. The average molecular weight is 642 g/mol. The zero-order valence-electron chi connectivity index (χ0n) is 21.9. The van der Waals surface area contributed by atoms with Crippen LogP contribution in [0.2, 0.25) is 5.02 Å². The molecule has 4 aromatic rings. The molecule has 0 spiro atoms. The second kappa shape index (κ2) is 10.2. The summed E-state index contributed by atoms with van der Waals surface area (Å²) in [7, 11) is 0. The first kappa shape index (κ1) is 26.6. The minimum Gasteiger partial charge on any atom is -0.452 e. The monoisotopic (exact) mass is 640 g/mol. The molecular weight excluding hydrogens is 620 g/mol. The first-order valence-electron chi connectivity index (χ1n) is 13.4. The highest BCUT2D eigenvalue weighted by Crippen LogP contribution is 2.61. The first-order valence-corrected chi connectivity index (χ1v) is 14.6. The number of imide groups is 1. The number of benzene rings is 4. The molecule has 1 aliphatic heterocycles. The maximum absolute atomic E-state index is 14.0. The van der Waals surface area contributed by atoms with Crippen molar-refractivity contribution in [2.24, 2.45) is 11.8 Å². The predicted octanol–water partition coefficient (Wildman–Crippen LogP) is 6.29. The number of anilines is 2. The molecule has 1 heterocycles. The number of nitrogens with zero attached hydrogens (tertiary/aromatic N) is 1. The van der Waals surface area contributed by atoms with Crippen molar-refractivity contribution in [1.82, 2.24) is 0 Å². The number of amides is 3. The second-order valence-corrected chi connectivity index (χ2v) is 11.8. The van der Waals surface area contributed by atoms with Gasteiger partial charge in [-0.3, -0.25) is 14.4 Å². The second-order valence-electron chi connectivity index (χ2n) is 10.6. The predicted molar refractivity (Wildman–Crippen MR) is 161 cm³/mol. The first-order chi connectivity index (χ1) is 20.3. The lowest BCUT2D eigenvalue weighted by atomic mass is 9.55. The molecule has 42 heavy (non-hydrogen) atoms. The highest BCUT2D eigenvalue weighted by molar-refractivity contribution is 9.10. The Morgan fingerprint density at radius 1 is 0.786 bits per heavy atom. The third kappa shape index (κ3) is 4.16. The maximum Gasteiger partial charge on any atom is 0.338 e. The van der Waals surface area contributed by atoms with Crippen LogP contribution in [0.5, 0.6) is 0 Å². The summed E-state index contributed by atoms with van der Waals surface area (Å²) in [6.07, 6.45) is 0. The van der Waals surface area contributed by atoms with Crippen LogP contribution in [0.25, 0.3) is 0 Å². The van der Waals surface area contributed by atoms with Crippen LogP contribution in [-0.4, -0.2) is 30.3 Å². The molecule has 4 aromatic carbocycles. The molecule has 9 heteroatoms. The Bertz CT molecular complexity index is 1710. The van der Waals surface area contributed by atoms with Gasteiger partial charge in [-0.2, -0.15) is 0 Å². The van der Waals surface area contributed by atoms with Crippen LogP contribution in [0.1, 0.15) is 44.4 Å². The Hall–Kier alpha value is -4.27. The van der Waals surface area contributed by atoms with Crippen molar-refractivity contribution in [2.45, 2.75) is 11.8 Å². The normalized spacial score (nSPS) is 21.4. The van der Waals surface area contributed by atoms with Gasteiger partial charge in [-0.1, -0.05) is 66.2 Å². The molecule has 0 aromatic heterocycles. The van der Waals surface area contributed by atoms with Gasteiger partial charge in [0.25, 0.3) is 5.91 Å². The number of esters is 1. The van der Waals surface area contributed by atoms with E-state index in [0.29, 0.717) is 20.9 Å². The number of hydrogen-bond acceptors (Lipinski definition) is 5. The van der Waals surface area contributed by atoms with Gasteiger partial charge in [0.2, 0.25) is 11.8 Å². The van der Waals surface area contributed by atoms with E-state index < -0.39 is 30.3 Å². The van der Waals surface area contributed by atoms with Gasteiger partial charge >= 0.3 is 5.97 Å². The Morgan fingerprint density at radius 3 is 1.90 bits per heavy atom. The highest BCUT2D eigenvalue weighted by atomic mass is 79.9. The van der Waals surface area contributed by atoms with Crippen LogP contribution in [0.15, 0.2) is 95.5 Å². The molecule has 8 rings (SSSR count). The van der Waals surface area contributed by atoms with Crippen LogP contribution >= 0.6 is 27.5 Å². The van der Waals surface area contributed by atoms with E-state index in [9.17, 15) is 19.2 Å². The fraction of sp³-hybridized carbons (Fsp3) is 0.152. The molecule has 208 valence electrons. The summed E-state index contributed by atoms with van der Waals surface area (Å²) < 4.78 is 5.91. The SMILES string of the molecule is O=C(COC(=O)c1cccc(N2C(=O)[C@@H]3C4c5ccccc5C(c5ccccc54)[C@@H]3C2=O)c1)Nc1ccc(Br)c(Cl)c1. The molecule has 0 unspecified atom stereocenters. The molecule has 3 aliphatic carbocycles. The number of ether oxygens (including phenoxy) is 1. The van der Waals surface area contributed by atoms with Crippen molar-refractivity contribution in [3.63, 3.8) is 0 Å². The molecule has 2 bridgehead atoms. The summed E-state index contributed by atoms with van der Waals surface area (Å²) in [5, 5.41) is 3.05. The Morgan fingerprint density at radius 2 is 1.36 bits per heavy atom. The Kier molecular flexibility index (Phi) is 6.48. The van der Waals surface area contributed by atoms with E-state index in [1.54, 1.807) is 30.3 Å². The highest BCUT2D eigenvalue weighted by Gasteiger charge is 2.61. The molecule has 0 saturated carbocycles. The number of carbonyl (C=O) groups excluding carboxylic acids is 4. The molecule has 2 atom stereocenters. The fourth-order valence-corrected chi connectivity index (χ4v) is 7.12. The Balaban J connectivity index is 1.12. The summed E-state index contributed by atoms with van der Waals surface area (Å²) in [6.45, 7) is -0.525. The van der Waals surface area contributed by atoms with E-state index in [1.165, 1.54) is 17.0 Å². The smallest absolute Gasteiger partial charge is 0.338 e. The third-order valence-corrected chi connectivity index (χ3v) is 9.56. The van der Waals surface area contributed by atoms with Gasteiger partial charge in [0, 0.05) is 22.0 Å². The lowest BCUT2D eigenvalue weighted by Crippen LogP contribution is -2.41. The standard InChI is InChI=1S/C33H22BrClN2O5/c34-24-13-12-18(15-25(24)35)36-26(38)16-42-33(41)17-6-5-7-19(14-17)37-31(39)29-27-20-8-1-2-9-21(20)28(30(29)32(37)40)23-11-4-3-10-22(23)27/h1-15,27-30H,16H2,(H,36,38)/t27?,28?,29-,30+. The van der Waals surface area contributed by atoms with E-state index >= 15 is 0 Å². The van der Waals surface area contributed by atoms with Crippen molar-refractivity contribution >= 4 is 62.6 Å². The lowest BCUT2D eigenvalue weighted by Gasteiger charge is -2.45. The topological polar surface area (TPSA) is 92.8 Å². The number of hydrogen-bond donors (Lipinski definition) is 1. The number of nitrogens with one attached hydrogen (secondary N) is 1. The minimum atomic E-state index is -0.753. The molecule has 3 amide bonds. The number of carbonyl (C=O) groups is 4. The van der Waals surface area contributed by atoms with Crippen LogP contribution in [-0.2, 0) is 19.1 Å². The largest absolute Gasteiger partial charge is 0.452 e. The van der Waals surface area contributed by atoms with Gasteiger partial charge in [-0.05, 0) is 74.6 Å². The zero-order valence-corrected chi connectivity index (χ0v) is 24.3. The van der Waals surface area contributed by atoms with E-state index in [-0.39, 0.29) is 29.2 Å². The minimum absolute atomic E-state index is 0.122.